The molecule has 18 heavy (non-hydrogen) atoms. The molecule has 1 aliphatic carbocycles. The van der Waals surface area contributed by atoms with Gasteiger partial charge in [-0.3, -0.25) is 0 Å². The fourth-order valence-corrected chi connectivity index (χ4v) is 3.42. The van der Waals surface area contributed by atoms with Crippen molar-refractivity contribution < 1.29 is 4.39 Å². The molecular formula is C15H21BrFN. The molecule has 0 spiro atoms. The molecule has 1 fully saturated rings. The summed E-state index contributed by atoms with van der Waals surface area (Å²) in [6, 6.07) is 5.48. The highest BCUT2D eigenvalue weighted by molar-refractivity contribution is 9.10. The number of nitrogens with one attached hydrogen (secondary N) is 1. The maximum absolute atomic E-state index is 13.0. The minimum absolute atomic E-state index is 0.178. The van der Waals surface area contributed by atoms with Crippen LogP contribution in [0.5, 0.6) is 0 Å². The van der Waals surface area contributed by atoms with Gasteiger partial charge in [-0.25, -0.2) is 4.39 Å². The molecule has 1 aromatic carbocycles. The molecule has 0 aliphatic heterocycles. The van der Waals surface area contributed by atoms with E-state index in [1.165, 1.54) is 37.7 Å². The first-order valence-corrected chi connectivity index (χ1v) is 7.59. The number of halogens is 2. The maximum atomic E-state index is 13.0. The van der Waals surface area contributed by atoms with Gasteiger partial charge in [0.15, 0.2) is 0 Å². The van der Waals surface area contributed by atoms with Crippen LogP contribution in [0.2, 0.25) is 0 Å². The highest BCUT2D eigenvalue weighted by Gasteiger charge is 2.20. The van der Waals surface area contributed by atoms with Gasteiger partial charge in [-0.15, -0.1) is 0 Å². The molecule has 1 saturated carbocycles. The molecule has 0 aromatic heterocycles. The minimum atomic E-state index is -0.178. The van der Waals surface area contributed by atoms with Crippen LogP contribution in [-0.4, -0.2) is 13.1 Å². The van der Waals surface area contributed by atoms with Crippen molar-refractivity contribution in [3.8, 4) is 0 Å². The average molecular weight is 314 g/mol. The van der Waals surface area contributed by atoms with Crippen LogP contribution < -0.4 is 5.32 Å². The number of rotatable bonds is 5. The zero-order valence-corrected chi connectivity index (χ0v) is 12.5. The third kappa shape index (κ3) is 3.79. The van der Waals surface area contributed by atoms with Crippen LogP contribution in [0, 0.1) is 11.7 Å². The molecule has 0 bridgehead atoms. The topological polar surface area (TPSA) is 12.0 Å². The highest BCUT2D eigenvalue weighted by Crippen LogP contribution is 2.30. The van der Waals surface area contributed by atoms with E-state index in [0.717, 1.165) is 16.8 Å². The largest absolute Gasteiger partial charge is 0.317 e. The Morgan fingerprint density at radius 3 is 2.72 bits per heavy atom. The van der Waals surface area contributed by atoms with Gasteiger partial charge in [0.2, 0.25) is 0 Å². The van der Waals surface area contributed by atoms with E-state index in [4.69, 9.17) is 0 Å². The molecule has 1 aromatic rings. The summed E-state index contributed by atoms with van der Waals surface area (Å²) in [4.78, 5) is 0. The molecular weight excluding hydrogens is 293 g/mol. The molecule has 0 radical (unpaired) electrons. The highest BCUT2D eigenvalue weighted by atomic mass is 79.9. The average Bonchev–Trinajstić information content (AvgIpc) is 2.84. The van der Waals surface area contributed by atoms with E-state index in [9.17, 15) is 4.39 Å². The van der Waals surface area contributed by atoms with E-state index in [-0.39, 0.29) is 5.82 Å². The molecule has 0 amide bonds. The van der Waals surface area contributed by atoms with Crippen molar-refractivity contribution >= 4 is 15.9 Å². The van der Waals surface area contributed by atoms with E-state index in [1.807, 2.05) is 13.1 Å². The van der Waals surface area contributed by atoms with Crippen LogP contribution >= 0.6 is 15.9 Å². The Morgan fingerprint density at radius 1 is 1.39 bits per heavy atom. The van der Waals surface area contributed by atoms with Gasteiger partial charge in [0.1, 0.15) is 5.82 Å². The molecule has 100 valence electrons. The third-order valence-corrected chi connectivity index (χ3v) is 4.72. The zero-order valence-electron chi connectivity index (χ0n) is 10.9. The summed E-state index contributed by atoms with van der Waals surface area (Å²) in [5, 5.41) is 3.40. The molecule has 0 saturated heterocycles. The standard InChI is InChI=1S/C15H21BrFN/c1-18-14(8-11-4-2-3-5-11)9-12-6-7-13(17)10-15(12)16/h6-7,10-11,14,18H,2-5,8-9H2,1H3. The molecule has 1 aliphatic rings. The summed E-state index contributed by atoms with van der Waals surface area (Å²) < 4.78 is 13.9. The first-order valence-electron chi connectivity index (χ1n) is 6.80. The molecule has 0 heterocycles. The molecule has 2 rings (SSSR count). The van der Waals surface area contributed by atoms with Gasteiger partial charge < -0.3 is 5.32 Å². The number of benzene rings is 1. The Balaban J connectivity index is 1.96. The van der Waals surface area contributed by atoms with E-state index in [2.05, 4.69) is 21.2 Å². The van der Waals surface area contributed by atoms with Crippen molar-refractivity contribution in [3.05, 3.63) is 34.1 Å². The SMILES string of the molecule is CNC(Cc1ccc(F)cc1Br)CC1CCCC1. The fraction of sp³-hybridized carbons (Fsp3) is 0.600. The van der Waals surface area contributed by atoms with Crippen LogP contribution in [0.3, 0.4) is 0 Å². The van der Waals surface area contributed by atoms with Crippen molar-refractivity contribution in [2.24, 2.45) is 5.92 Å². The van der Waals surface area contributed by atoms with Gasteiger partial charge >= 0.3 is 0 Å². The van der Waals surface area contributed by atoms with Crippen LogP contribution in [0.25, 0.3) is 0 Å². The van der Waals surface area contributed by atoms with Gasteiger partial charge in [-0.05, 0) is 43.5 Å². The summed E-state index contributed by atoms with van der Waals surface area (Å²) in [5.74, 6) is 0.698. The maximum Gasteiger partial charge on any atom is 0.124 e. The predicted octanol–water partition coefficient (Wildman–Crippen LogP) is 4.30. The fourth-order valence-electron chi connectivity index (χ4n) is 2.90. The van der Waals surface area contributed by atoms with Crippen LogP contribution in [0.4, 0.5) is 4.39 Å². The van der Waals surface area contributed by atoms with Gasteiger partial charge in [-0.2, -0.15) is 0 Å². The van der Waals surface area contributed by atoms with Crippen LogP contribution in [-0.2, 0) is 6.42 Å². The Kier molecular flexibility index (Phi) is 5.19. The van der Waals surface area contributed by atoms with Crippen molar-refractivity contribution in [1.82, 2.24) is 5.32 Å². The lowest BCUT2D eigenvalue weighted by atomic mass is 9.94. The first kappa shape index (κ1) is 14.0. The molecule has 3 heteroatoms. The second kappa shape index (κ2) is 6.67. The molecule has 1 N–H and O–H groups in total. The summed E-state index contributed by atoms with van der Waals surface area (Å²) in [6.45, 7) is 0. The Morgan fingerprint density at radius 2 is 2.11 bits per heavy atom. The van der Waals surface area contributed by atoms with Gasteiger partial charge in [0.05, 0.1) is 0 Å². The second-order valence-corrected chi connectivity index (χ2v) is 6.17. The van der Waals surface area contributed by atoms with E-state index in [0.29, 0.717) is 6.04 Å². The number of likely N-dealkylation sites (N-methyl/N-ethyl adjacent to an activating group) is 1. The van der Waals surface area contributed by atoms with Gasteiger partial charge in [-0.1, -0.05) is 47.7 Å². The van der Waals surface area contributed by atoms with Crippen molar-refractivity contribution in [1.29, 1.82) is 0 Å². The van der Waals surface area contributed by atoms with Gasteiger partial charge in [0.25, 0.3) is 0 Å². The zero-order chi connectivity index (χ0) is 13.0. The van der Waals surface area contributed by atoms with Crippen molar-refractivity contribution in [2.45, 2.75) is 44.6 Å². The Hall–Kier alpha value is -0.410. The first-order chi connectivity index (χ1) is 8.69. The molecule has 1 nitrogen and oxygen atoms in total. The van der Waals surface area contributed by atoms with E-state index >= 15 is 0 Å². The van der Waals surface area contributed by atoms with Crippen LogP contribution in [0.1, 0.15) is 37.7 Å². The lowest BCUT2D eigenvalue weighted by Gasteiger charge is -2.20. The Labute approximate surface area is 117 Å². The summed E-state index contributed by atoms with van der Waals surface area (Å²) >= 11 is 3.45. The van der Waals surface area contributed by atoms with E-state index < -0.39 is 0 Å². The quantitative estimate of drug-likeness (QED) is 0.854. The molecule has 1 unspecified atom stereocenters. The summed E-state index contributed by atoms with van der Waals surface area (Å²) in [6.07, 6.45) is 7.74. The monoisotopic (exact) mass is 313 g/mol. The van der Waals surface area contributed by atoms with E-state index in [1.54, 1.807) is 12.1 Å². The van der Waals surface area contributed by atoms with Crippen molar-refractivity contribution in [3.63, 3.8) is 0 Å². The van der Waals surface area contributed by atoms with Gasteiger partial charge in [0, 0.05) is 10.5 Å². The van der Waals surface area contributed by atoms with Crippen molar-refractivity contribution in [2.75, 3.05) is 7.05 Å². The smallest absolute Gasteiger partial charge is 0.124 e. The lowest BCUT2D eigenvalue weighted by Crippen LogP contribution is -2.29. The lowest BCUT2D eigenvalue weighted by molar-refractivity contribution is 0.402. The summed E-state index contributed by atoms with van der Waals surface area (Å²) in [5.41, 5.74) is 1.19. The Bertz CT molecular complexity index is 388. The van der Waals surface area contributed by atoms with Crippen LogP contribution in [0.15, 0.2) is 22.7 Å². The minimum Gasteiger partial charge on any atom is -0.317 e. The normalized spacial score (nSPS) is 18.2. The predicted molar refractivity (Wildman–Crippen MR) is 77.2 cm³/mol. The summed E-state index contributed by atoms with van der Waals surface area (Å²) in [7, 11) is 2.02. The number of hydrogen-bond acceptors (Lipinski definition) is 1. The second-order valence-electron chi connectivity index (χ2n) is 5.31. The molecule has 1 atom stereocenters. The third-order valence-electron chi connectivity index (χ3n) is 3.98. The number of hydrogen-bond donors (Lipinski definition) is 1.